The van der Waals surface area contributed by atoms with Crippen LogP contribution in [0.3, 0.4) is 0 Å². The van der Waals surface area contributed by atoms with E-state index in [1.807, 2.05) is 30.3 Å². The molecule has 2 heterocycles. The summed E-state index contributed by atoms with van der Waals surface area (Å²) in [7, 11) is 1.57. The van der Waals surface area contributed by atoms with Crippen molar-refractivity contribution in [2.24, 2.45) is 0 Å². The molecule has 148 valence electrons. The first-order chi connectivity index (χ1) is 14.1. The Morgan fingerprint density at radius 1 is 1.07 bits per heavy atom. The van der Waals surface area contributed by atoms with Crippen LogP contribution in [0.1, 0.15) is 18.3 Å². The van der Waals surface area contributed by atoms with Crippen molar-refractivity contribution in [1.29, 1.82) is 0 Å². The number of hydrogen-bond donors (Lipinski definition) is 2. The molecule has 0 fully saturated rings. The zero-order valence-electron chi connectivity index (χ0n) is 16.3. The van der Waals surface area contributed by atoms with Crippen molar-refractivity contribution in [3.8, 4) is 5.75 Å². The molecule has 4 rings (SSSR count). The van der Waals surface area contributed by atoms with Gasteiger partial charge >= 0.3 is 5.63 Å². The van der Waals surface area contributed by atoms with E-state index < -0.39 is 5.63 Å². The Morgan fingerprint density at radius 3 is 2.69 bits per heavy atom. The van der Waals surface area contributed by atoms with Crippen molar-refractivity contribution >= 4 is 21.9 Å². The third-order valence-corrected chi connectivity index (χ3v) is 5.06. The molecule has 7 nitrogen and oxygen atoms in total. The van der Waals surface area contributed by atoms with Gasteiger partial charge < -0.3 is 19.0 Å². The normalized spacial score (nSPS) is 12.3. The minimum Gasteiger partial charge on any atom is -0.497 e. The first-order valence-electron chi connectivity index (χ1n) is 9.49. The molecule has 4 aromatic rings. The van der Waals surface area contributed by atoms with Gasteiger partial charge in [-0.1, -0.05) is 12.1 Å². The number of hydrogen-bond acceptors (Lipinski definition) is 5. The average Bonchev–Trinajstić information content (AvgIpc) is 2.72. The molecule has 0 aliphatic heterocycles. The van der Waals surface area contributed by atoms with E-state index in [-0.39, 0.29) is 5.56 Å². The molecule has 2 N–H and O–H groups in total. The average molecular weight is 392 g/mol. The highest BCUT2D eigenvalue weighted by molar-refractivity contribution is 5.81. The molecule has 29 heavy (non-hydrogen) atoms. The molecule has 1 unspecified atom stereocenters. The van der Waals surface area contributed by atoms with E-state index >= 15 is 0 Å². The van der Waals surface area contributed by atoms with Crippen LogP contribution in [-0.2, 0) is 13.1 Å². The highest BCUT2D eigenvalue weighted by Gasteiger charge is 2.15. The minimum atomic E-state index is -0.395. The van der Waals surface area contributed by atoms with Crippen molar-refractivity contribution in [2.45, 2.75) is 20.0 Å². The number of quaternary nitrogens is 1. The van der Waals surface area contributed by atoms with Crippen LogP contribution in [-0.4, -0.2) is 23.6 Å². The van der Waals surface area contributed by atoms with Gasteiger partial charge in [-0.25, -0.2) is 9.78 Å². The number of fused-ring (bicyclic) bond motifs is 2. The summed E-state index contributed by atoms with van der Waals surface area (Å²) in [4.78, 5) is 33.0. The summed E-state index contributed by atoms with van der Waals surface area (Å²) in [5.41, 5.74) is 1.53. The van der Waals surface area contributed by atoms with Gasteiger partial charge in [0.05, 0.1) is 24.6 Å². The van der Waals surface area contributed by atoms with Crippen LogP contribution in [0.5, 0.6) is 5.75 Å². The number of para-hydroxylation sites is 1. The van der Waals surface area contributed by atoms with E-state index in [1.165, 1.54) is 6.07 Å². The van der Waals surface area contributed by atoms with E-state index in [2.05, 4.69) is 16.9 Å². The molecule has 0 aliphatic rings. The number of ether oxygens (including phenoxy) is 1. The minimum absolute atomic E-state index is 0.140. The first-order valence-corrected chi connectivity index (χ1v) is 9.49. The maximum atomic E-state index is 12.3. The number of H-pyrrole nitrogens is 1. The molecule has 1 atom stereocenters. The molecule has 0 radical (unpaired) electrons. The Kier molecular flexibility index (Phi) is 5.14. The predicted molar refractivity (Wildman–Crippen MR) is 110 cm³/mol. The van der Waals surface area contributed by atoms with Crippen molar-refractivity contribution in [3.63, 3.8) is 0 Å². The first kappa shape index (κ1) is 18.9. The number of rotatable bonds is 6. The van der Waals surface area contributed by atoms with Crippen LogP contribution in [0.4, 0.5) is 0 Å². The number of aromatic amines is 1. The van der Waals surface area contributed by atoms with Crippen molar-refractivity contribution in [2.75, 3.05) is 13.7 Å². The standard InChI is InChI=1S/C22H21N3O4/c1-3-25(13-20-23-18-7-5-4-6-17(18)22(27)24-20)12-14-10-21(26)29-19-11-15(28-2)8-9-16(14)19/h4-11H,3,12-13H2,1-2H3,(H,23,24,27)/p+1. The van der Waals surface area contributed by atoms with Gasteiger partial charge in [0.25, 0.3) is 5.56 Å². The lowest BCUT2D eigenvalue weighted by Crippen LogP contribution is -3.09. The third-order valence-electron chi connectivity index (χ3n) is 5.06. The van der Waals surface area contributed by atoms with Crippen LogP contribution in [0, 0.1) is 0 Å². The Hall–Kier alpha value is -3.45. The summed E-state index contributed by atoms with van der Waals surface area (Å²) < 4.78 is 10.6. The summed E-state index contributed by atoms with van der Waals surface area (Å²) >= 11 is 0. The summed E-state index contributed by atoms with van der Waals surface area (Å²) in [6.45, 7) is 4.00. The smallest absolute Gasteiger partial charge is 0.336 e. The Morgan fingerprint density at radius 2 is 1.90 bits per heavy atom. The topological polar surface area (TPSA) is 89.6 Å². The van der Waals surface area contributed by atoms with Crippen molar-refractivity contribution < 1.29 is 14.1 Å². The van der Waals surface area contributed by atoms with Gasteiger partial charge in [-0.15, -0.1) is 0 Å². The summed E-state index contributed by atoms with van der Waals surface area (Å²) in [6, 6.07) is 14.3. The van der Waals surface area contributed by atoms with E-state index in [0.29, 0.717) is 41.1 Å². The second-order valence-electron chi connectivity index (χ2n) is 6.94. The van der Waals surface area contributed by atoms with Gasteiger partial charge in [0.1, 0.15) is 24.4 Å². The molecule has 0 spiro atoms. The fourth-order valence-electron chi connectivity index (χ4n) is 3.52. The zero-order valence-corrected chi connectivity index (χ0v) is 16.3. The second-order valence-corrected chi connectivity index (χ2v) is 6.94. The predicted octanol–water partition coefficient (Wildman–Crippen LogP) is 1.64. The Labute approximate surface area is 166 Å². The van der Waals surface area contributed by atoms with Gasteiger partial charge in [-0.3, -0.25) is 4.79 Å². The molecule has 0 saturated carbocycles. The molecule has 0 amide bonds. The number of benzene rings is 2. The lowest BCUT2D eigenvalue weighted by molar-refractivity contribution is -0.926. The molecule has 2 aromatic heterocycles. The lowest BCUT2D eigenvalue weighted by atomic mass is 10.1. The number of nitrogens with one attached hydrogen (secondary N) is 2. The molecule has 0 aliphatic carbocycles. The Balaban J connectivity index is 1.66. The monoisotopic (exact) mass is 392 g/mol. The van der Waals surface area contributed by atoms with E-state index in [4.69, 9.17) is 9.15 Å². The maximum Gasteiger partial charge on any atom is 0.336 e. The highest BCUT2D eigenvalue weighted by Crippen LogP contribution is 2.22. The van der Waals surface area contributed by atoms with Crippen LogP contribution in [0.2, 0.25) is 0 Å². The molecule has 0 bridgehead atoms. The number of aromatic nitrogens is 2. The summed E-state index contributed by atoms with van der Waals surface area (Å²) in [6.07, 6.45) is 0. The highest BCUT2D eigenvalue weighted by atomic mass is 16.5. The molecule has 0 saturated heterocycles. The van der Waals surface area contributed by atoms with Gasteiger partial charge in [0.15, 0.2) is 5.82 Å². The number of nitrogens with zero attached hydrogens (tertiary/aromatic N) is 1. The largest absolute Gasteiger partial charge is 0.497 e. The van der Waals surface area contributed by atoms with E-state index in [0.717, 1.165) is 22.4 Å². The van der Waals surface area contributed by atoms with Gasteiger partial charge in [0, 0.05) is 23.1 Å². The molecule has 2 aromatic carbocycles. The second kappa shape index (κ2) is 7.89. The van der Waals surface area contributed by atoms with Crippen LogP contribution in [0.15, 0.2) is 62.5 Å². The van der Waals surface area contributed by atoms with Gasteiger partial charge in [0.2, 0.25) is 0 Å². The SMILES string of the molecule is CC[NH+](Cc1nc2ccccc2c(=O)[nH]1)Cc1cc(=O)oc2cc(OC)ccc12. The molecular formula is C22H22N3O4+. The van der Waals surface area contributed by atoms with Gasteiger partial charge in [-0.2, -0.15) is 0 Å². The van der Waals surface area contributed by atoms with Crippen molar-refractivity contribution in [1.82, 2.24) is 9.97 Å². The number of methoxy groups -OCH3 is 1. The maximum absolute atomic E-state index is 12.3. The van der Waals surface area contributed by atoms with Crippen LogP contribution in [0.25, 0.3) is 21.9 Å². The fourth-order valence-corrected chi connectivity index (χ4v) is 3.52. The summed E-state index contributed by atoms with van der Waals surface area (Å²) in [5.74, 6) is 1.26. The molecular weight excluding hydrogens is 370 g/mol. The van der Waals surface area contributed by atoms with Crippen molar-refractivity contribution in [3.05, 3.63) is 80.7 Å². The van der Waals surface area contributed by atoms with E-state index in [1.54, 1.807) is 19.2 Å². The van der Waals surface area contributed by atoms with Crippen LogP contribution < -0.4 is 20.8 Å². The quantitative estimate of drug-likeness (QED) is 0.487. The Bertz CT molecular complexity index is 1290. The summed E-state index contributed by atoms with van der Waals surface area (Å²) in [5, 5.41) is 1.45. The van der Waals surface area contributed by atoms with Gasteiger partial charge in [-0.05, 0) is 31.2 Å². The lowest BCUT2D eigenvalue weighted by Gasteiger charge is -2.18. The fraction of sp³-hybridized carbons (Fsp3) is 0.227. The third kappa shape index (κ3) is 3.90. The van der Waals surface area contributed by atoms with Crippen LogP contribution >= 0.6 is 0 Å². The zero-order chi connectivity index (χ0) is 20.4. The molecule has 7 heteroatoms. The van der Waals surface area contributed by atoms with E-state index in [9.17, 15) is 9.59 Å².